The molecule has 156 valence electrons. The van der Waals surface area contributed by atoms with Crippen molar-refractivity contribution in [2.45, 2.75) is 37.8 Å². The molecular weight excluding hydrogens is 431 g/mol. The number of aromatic carboxylic acids is 1. The van der Waals surface area contributed by atoms with Crippen molar-refractivity contribution in [2.24, 2.45) is 0 Å². The first-order valence-corrected chi connectivity index (χ1v) is 9.27. The first kappa shape index (κ1) is 22.9. The van der Waals surface area contributed by atoms with Crippen LogP contribution in [0.1, 0.15) is 46.4 Å². The van der Waals surface area contributed by atoms with Crippen molar-refractivity contribution in [2.75, 3.05) is 0 Å². The minimum atomic E-state index is -1.29. The fraction of sp³-hybridized carbons (Fsp3) is 0.333. The highest BCUT2D eigenvalue weighted by atomic mass is 35.5. The molecule has 1 fully saturated rings. The van der Waals surface area contributed by atoms with Crippen molar-refractivity contribution in [3.8, 4) is 0 Å². The van der Waals surface area contributed by atoms with E-state index in [0.717, 1.165) is 24.5 Å². The van der Waals surface area contributed by atoms with E-state index in [4.69, 9.17) is 28.3 Å². The Bertz CT molecular complexity index is 893. The molecule has 0 saturated heterocycles. The van der Waals surface area contributed by atoms with Crippen LogP contribution in [0.3, 0.4) is 0 Å². The number of hydrogen-bond acceptors (Lipinski definition) is 5. The summed E-state index contributed by atoms with van der Waals surface area (Å²) >= 11 is 11.1. The third-order valence-electron chi connectivity index (χ3n) is 4.12. The zero-order chi connectivity index (χ0) is 21.6. The zero-order valence-electron chi connectivity index (χ0n) is 14.9. The van der Waals surface area contributed by atoms with E-state index >= 15 is 0 Å². The molecule has 0 spiro atoms. The van der Waals surface area contributed by atoms with Gasteiger partial charge in [0.2, 0.25) is 0 Å². The van der Waals surface area contributed by atoms with E-state index in [1.165, 1.54) is 0 Å². The molecule has 2 aromatic heterocycles. The van der Waals surface area contributed by atoms with Crippen molar-refractivity contribution in [1.29, 1.82) is 0 Å². The molecule has 29 heavy (non-hydrogen) atoms. The molecule has 3 N–H and O–H groups in total. The number of carbonyl (C=O) groups is 2. The van der Waals surface area contributed by atoms with Crippen molar-refractivity contribution >= 4 is 35.1 Å². The number of nitrogens with zero attached hydrogens (tertiary/aromatic N) is 2. The summed E-state index contributed by atoms with van der Waals surface area (Å²) in [6.07, 6.45) is 4.31. The number of carbonyl (C=O) groups excluding carboxylic acids is 1. The van der Waals surface area contributed by atoms with Gasteiger partial charge in [-0.15, -0.1) is 0 Å². The summed E-state index contributed by atoms with van der Waals surface area (Å²) in [6.45, 7) is 0. The number of aliphatic hydroxyl groups excluding tert-OH is 1. The van der Waals surface area contributed by atoms with Gasteiger partial charge < -0.3 is 15.5 Å². The van der Waals surface area contributed by atoms with Crippen LogP contribution in [0.5, 0.6) is 0 Å². The van der Waals surface area contributed by atoms with Gasteiger partial charge in [-0.1, -0.05) is 23.2 Å². The van der Waals surface area contributed by atoms with E-state index in [0.29, 0.717) is 25.7 Å². The number of carboxylic acids is 1. The zero-order valence-corrected chi connectivity index (χ0v) is 16.4. The fourth-order valence-electron chi connectivity index (χ4n) is 2.64. The van der Waals surface area contributed by atoms with Gasteiger partial charge in [0.05, 0.1) is 29.6 Å². The number of hydrogen-bond donors (Lipinski definition) is 3. The van der Waals surface area contributed by atoms with Crippen LogP contribution in [-0.4, -0.2) is 44.2 Å². The highest BCUT2D eigenvalue weighted by molar-refractivity contribution is 6.32. The molecule has 1 aliphatic rings. The first-order chi connectivity index (χ1) is 13.7. The second kappa shape index (κ2) is 10.4. The number of aliphatic hydroxyl groups is 1. The maximum absolute atomic E-state index is 13.0. The number of carboxylic acid groups (broad SMARTS) is 1. The van der Waals surface area contributed by atoms with Crippen molar-refractivity contribution < 1.29 is 28.6 Å². The van der Waals surface area contributed by atoms with Crippen molar-refractivity contribution in [3.63, 3.8) is 0 Å². The van der Waals surface area contributed by atoms with Gasteiger partial charge in [0, 0.05) is 6.04 Å². The molecule has 0 aliphatic heterocycles. The quantitative estimate of drug-likeness (QED) is 0.620. The molecule has 11 heteroatoms. The van der Waals surface area contributed by atoms with Crippen molar-refractivity contribution in [3.05, 3.63) is 57.6 Å². The molecule has 1 amide bonds. The minimum Gasteiger partial charge on any atom is -0.478 e. The topological polar surface area (TPSA) is 112 Å². The van der Waals surface area contributed by atoms with Gasteiger partial charge in [0.1, 0.15) is 21.9 Å². The summed E-state index contributed by atoms with van der Waals surface area (Å²) in [5.74, 6) is -3.02. The first-order valence-electron chi connectivity index (χ1n) is 8.51. The Labute approximate surface area is 174 Å². The SMILES string of the molecule is O=C(NC1CCC(O)CC1)c1cc(F)cnc1Cl.O=C(O)c1cc(F)cnc1Cl. The number of halogens is 4. The fourth-order valence-corrected chi connectivity index (χ4v) is 3.01. The molecule has 1 aliphatic carbocycles. The Morgan fingerprint density at radius 1 is 0.966 bits per heavy atom. The second-order valence-electron chi connectivity index (χ2n) is 6.27. The Kier molecular flexibility index (Phi) is 8.24. The molecule has 0 aromatic carbocycles. The molecule has 3 rings (SSSR count). The standard InChI is InChI=1S/C12H14ClFN2O2.C6H3ClFNO2/c13-11-10(5-7(14)6-15-11)12(18)16-8-1-3-9(17)4-2-8;7-5-4(6(10)11)1-3(8)2-9-5/h5-6,8-9,17H,1-4H2,(H,16,18);1-2H,(H,10,11). The van der Waals surface area contributed by atoms with E-state index < -0.39 is 23.5 Å². The highest BCUT2D eigenvalue weighted by Gasteiger charge is 2.22. The molecule has 0 atom stereocenters. The normalized spacial score (nSPS) is 18.4. The van der Waals surface area contributed by atoms with Crippen LogP contribution in [0.2, 0.25) is 10.3 Å². The summed E-state index contributed by atoms with van der Waals surface area (Å²) in [4.78, 5) is 29.1. The van der Waals surface area contributed by atoms with Gasteiger partial charge >= 0.3 is 5.97 Å². The summed E-state index contributed by atoms with van der Waals surface area (Å²) in [6, 6.07) is 1.89. The summed E-state index contributed by atoms with van der Waals surface area (Å²) in [7, 11) is 0. The largest absolute Gasteiger partial charge is 0.478 e. The molecule has 7 nitrogen and oxygen atoms in total. The number of nitrogens with one attached hydrogen (secondary N) is 1. The lowest BCUT2D eigenvalue weighted by Crippen LogP contribution is -2.38. The molecule has 0 bridgehead atoms. The van der Waals surface area contributed by atoms with Gasteiger partial charge in [0.15, 0.2) is 0 Å². The van der Waals surface area contributed by atoms with E-state index in [9.17, 15) is 23.5 Å². The van der Waals surface area contributed by atoms with E-state index in [2.05, 4.69) is 15.3 Å². The van der Waals surface area contributed by atoms with Crippen molar-refractivity contribution in [1.82, 2.24) is 15.3 Å². The van der Waals surface area contributed by atoms with Gasteiger partial charge in [-0.05, 0) is 37.8 Å². The Morgan fingerprint density at radius 3 is 1.93 bits per heavy atom. The third kappa shape index (κ3) is 6.88. The molecule has 0 unspecified atom stereocenters. The summed E-state index contributed by atoms with van der Waals surface area (Å²) < 4.78 is 25.3. The smallest absolute Gasteiger partial charge is 0.338 e. The van der Waals surface area contributed by atoms with Crippen LogP contribution < -0.4 is 5.32 Å². The average molecular weight is 448 g/mol. The highest BCUT2D eigenvalue weighted by Crippen LogP contribution is 2.20. The molecule has 2 aromatic rings. The Hall–Kier alpha value is -2.36. The third-order valence-corrected chi connectivity index (χ3v) is 4.72. The number of pyridine rings is 2. The molecule has 0 radical (unpaired) electrons. The van der Waals surface area contributed by atoms with Crippen LogP contribution in [0.4, 0.5) is 8.78 Å². The van der Waals surface area contributed by atoms with Crippen LogP contribution in [0.25, 0.3) is 0 Å². The lowest BCUT2D eigenvalue weighted by molar-refractivity contribution is 0.0695. The molecule has 1 saturated carbocycles. The monoisotopic (exact) mass is 447 g/mol. The van der Waals surface area contributed by atoms with Crippen LogP contribution in [-0.2, 0) is 0 Å². The van der Waals surface area contributed by atoms with Gasteiger partial charge in [-0.25, -0.2) is 23.5 Å². The number of amides is 1. The van der Waals surface area contributed by atoms with E-state index in [1.54, 1.807) is 0 Å². The maximum atomic E-state index is 13.0. The average Bonchev–Trinajstić information content (AvgIpc) is 2.67. The van der Waals surface area contributed by atoms with E-state index in [1.807, 2.05) is 0 Å². The molecule has 2 heterocycles. The van der Waals surface area contributed by atoms with E-state index in [-0.39, 0.29) is 33.6 Å². The second-order valence-corrected chi connectivity index (χ2v) is 6.98. The lowest BCUT2D eigenvalue weighted by Gasteiger charge is -2.26. The van der Waals surface area contributed by atoms with Crippen LogP contribution in [0.15, 0.2) is 24.5 Å². The summed E-state index contributed by atoms with van der Waals surface area (Å²) in [5.41, 5.74) is -0.283. The van der Waals surface area contributed by atoms with Gasteiger partial charge in [-0.3, -0.25) is 4.79 Å². The molecular formula is C18H17Cl2F2N3O4. The lowest BCUT2D eigenvalue weighted by atomic mass is 9.93. The van der Waals surface area contributed by atoms with Gasteiger partial charge in [-0.2, -0.15) is 0 Å². The van der Waals surface area contributed by atoms with Crippen LogP contribution in [0, 0.1) is 11.6 Å². The number of aromatic nitrogens is 2. The Morgan fingerprint density at radius 2 is 1.45 bits per heavy atom. The summed E-state index contributed by atoms with van der Waals surface area (Å²) in [5, 5.41) is 20.3. The Balaban J connectivity index is 0.000000234. The predicted octanol–water partition coefficient (Wildman–Crippen LogP) is 3.48. The minimum absolute atomic E-state index is 0.000217. The van der Waals surface area contributed by atoms with Crippen LogP contribution >= 0.6 is 23.2 Å². The predicted molar refractivity (Wildman–Crippen MR) is 101 cm³/mol. The van der Waals surface area contributed by atoms with Gasteiger partial charge in [0.25, 0.3) is 5.91 Å². The number of rotatable bonds is 3. The maximum Gasteiger partial charge on any atom is 0.338 e.